The number of sulfonamides is 1. The molecule has 7 nitrogen and oxygen atoms in total. The Balaban J connectivity index is 2.03. The van der Waals surface area contributed by atoms with Crippen molar-refractivity contribution in [1.29, 1.82) is 0 Å². The zero-order valence-corrected chi connectivity index (χ0v) is 17.6. The second-order valence-corrected chi connectivity index (χ2v) is 8.18. The van der Waals surface area contributed by atoms with Gasteiger partial charge in [0.2, 0.25) is 0 Å². The molecule has 0 aliphatic carbocycles. The van der Waals surface area contributed by atoms with E-state index in [0.717, 1.165) is 5.56 Å². The molecule has 0 atom stereocenters. The third-order valence-corrected chi connectivity index (χ3v) is 5.77. The molecule has 2 N–H and O–H groups in total. The molecule has 0 unspecified atom stereocenters. The van der Waals surface area contributed by atoms with Crippen LogP contribution in [0.15, 0.2) is 71.6 Å². The summed E-state index contributed by atoms with van der Waals surface area (Å²) in [4.78, 5) is 12.1. The molecule has 0 saturated heterocycles. The summed E-state index contributed by atoms with van der Waals surface area (Å²) >= 11 is 0. The standard InChI is InChI=1S/C22H22N2O5S/c1-15-8-11-17(12-9-15)30(26,27)24-20-14-16(22(25)29-3)10-13-18(20)23-19-6-4-5-7-21(19)28-2/h4-14,23-24H,1-3H3. The fourth-order valence-electron chi connectivity index (χ4n) is 2.80. The van der Waals surface area contributed by atoms with Gasteiger partial charge in [0, 0.05) is 0 Å². The molecule has 3 aromatic rings. The van der Waals surface area contributed by atoms with Crippen LogP contribution in [0.4, 0.5) is 17.1 Å². The molecular formula is C22H22N2O5S. The second kappa shape index (κ2) is 8.87. The summed E-state index contributed by atoms with van der Waals surface area (Å²) in [7, 11) is -1.08. The summed E-state index contributed by atoms with van der Waals surface area (Å²) in [5.74, 6) is 0.0107. The van der Waals surface area contributed by atoms with E-state index >= 15 is 0 Å². The van der Waals surface area contributed by atoms with Gasteiger partial charge in [-0.2, -0.15) is 0 Å². The van der Waals surface area contributed by atoms with Gasteiger partial charge in [0.15, 0.2) is 0 Å². The number of benzene rings is 3. The van der Waals surface area contributed by atoms with Crippen molar-refractivity contribution in [3.63, 3.8) is 0 Å². The molecule has 3 aromatic carbocycles. The van der Waals surface area contributed by atoms with Crippen molar-refractivity contribution in [3.8, 4) is 5.75 Å². The minimum Gasteiger partial charge on any atom is -0.495 e. The molecule has 8 heteroatoms. The highest BCUT2D eigenvalue weighted by atomic mass is 32.2. The van der Waals surface area contributed by atoms with E-state index in [2.05, 4.69) is 10.0 Å². The molecule has 30 heavy (non-hydrogen) atoms. The van der Waals surface area contributed by atoms with Crippen molar-refractivity contribution < 1.29 is 22.7 Å². The average molecular weight is 426 g/mol. The van der Waals surface area contributed by atoms with Crippen molar-refractivity contribution in [2.75, 3.05) is 24.3 Å². The number of methoxy groups -OCH3 is 2. The molecule has 0 aliphatic rings. The third-order valence-electron chi connectivity index (χ3n) is 4.39. The second-order valence-electron chi connectivity index (χ2n) is 6.50. The minimum atomic E-state index is -3.88. The van der Waals surface area contributed by atoms with Crippen molar-refractivity contribution in [2.24, 2.45) is 0 Å². The first-order chi connectivity index (χ1) is 14.3. The van der Waals surface area contributed by atoms with Gasteiger partial charge in [-0.15, -0.1) is 0 Å². The predicted molar refractivity (Wildman–Crippen MR) is 116 cm³/mol. The van der Waals surface area contributed by atoms with Crippen LogP contribution in [-0.2, 0) is 14.8 Å². The number of rotatable bonds is 7. The highest BCUT2D eigenvalue weighted by Crippen LogP contribution is 2.33. The number of nitrogens with one attached hydrogen (secondary N) is 2. The normalized spacial score (nSPS) is 10.9. The molecule has 0 spiro atoms. The molecule has 0 fully saturated rings. The lowest BCUT2D eigenvalue weighted by molar-refractivity contribution is 0.0601. The van der Waals surface area contributed by atoms with Gasteiger partial charge in [-0.05, 0) is 49.4 Å². The molecule has 0 amide bonds. The van der Waals surface area contributed by atoms with E-state index in [4.69, 9.17) is 9.47 Å². The number of ether oxygens (including phenoxy) is 2. The van der Waals surface area contributed by atoms with Crippen LogP contribution < -0.4 is 14.8 Å². The lowest BCUT2D eigenvalue weighted by atomic mass is 10.1. The number of hydrogen-bond donors (Lipinski definition) is 2. The van der Waals surface area contributed by atoms with Gasteiger partial charge in [-0.25, -0.2) is 13.2 Å². The van der Waals surface area contributed by atoms with Gasteiger partial charge in [0.25, 0.3) is 10.0 Å². The molecule has 0 radical (unpaired) electrons. The number of anilines is 3. The van der Waals surface area contributed by atoms with E-state index in [9.17, 15) is 13.2 Å². The fourth-order valence-corrected chi connectivity index (χ4v) is 3.87. The van der Waals surface area contributed by atoms with Crippen LogP contribution in [0.5, 0.6) is 5.75 Å². The first-order valence-electron chi connectivity index (χ1n) is 9.06. The fraction of sp³-hybridized carbons (Fsp3) is 0.136. The van der Waals surface area contributed by atoms with E-state index in [1.54, 1.807) is 43.5 Å². The minimum absolute atomic E-state index is 0.111. The third kappa shape index (κ3) is 4.72. The zero-order chi connectivity index (χ0) is 21.7. The van der Waals surface area contributed by atoms with Crippen molar-refractivity contribution in [1.82, 2.24) is 0 Å². The molecule has 0 saturated carbocycles. The van der Waals surface area contributed by atoms with E-state index in [1.807, 2.05) is 19.1 Å². The van der Waals surface area contributed by atoms with Crippen molar-refractivity contribution >= 4 is 33.1 Å². The number of carbonyl (C=O) groups is 1. The molecule has 0 aromatic heterocycles. The summed E-state index contributed by atoms with van der Waals surface area (Å²) in [6, 6.07) is 18.3. The zero-order valence-electron chi connectivity index (χ0n) is 16.8. The Morgan fingerprint density at radius 3 is 2.23 bits per heavy atom. The Kier molecular flexibility index (Phi) is 6.27. The maximum absolute atomic E-state index is 12.9. The van der Waals surface area contributed by atoms with Crippen molar-refractivity contribution in [2.45, 2.75) is 11.8 Å². The molecule has 156 valence electrons. The van der Waals surface area contributed by atoms with Gasteiger partial charge in [0.1, 0.15) is 5.75 Å². The summed E-state index contributed by atoms with van der Waals surface area (Å²) in [5, 5.41) is 3.16. The highest BCUT2D eigenvalue weighted by Gasteiger charge is 2.18. The first kappa shape index (κ1) is 21.2. The Bertz CT molecular complexity index is 1160. The van der Waals surface area contributed by atoms with Crippen LogP contribution in [0, 0.1) is 6.92 Å². The van der Waals surface area contributed by atoms with E-state index in [0.29, 0.717) is 17.1 Å². The van der Waals surface area contributed by atoms with Gasteiger partial charge in [-0.3, -0.25) is 4.72 Å². The van der Waals surface area contributed by atoms with Gasteiger partial charge < -0.3 is 14.8 Å². The number of esters is 1. The monoisotopic (exact) mass is 426 g/mol. The van der Waals surface area contributed by atoms with Crippen LogP contribution in [-0.4, -0.2) is 28.6 Å². The van der Waals surface area contributed by atoms with Crippen LogP contribution >= 0.6 is 0 Å². The SMILES string of the molecule is COC(=O)c1ccc(Nc2ccccc2OC)c(NS(=O)(=O)c2ccc(C)cc2)c1. The van der Waals surface area contributed by atoms with Crippen molar-refractivity contribution in [3.05, 3.63) is 77.9 Å². The van der Waals surface area contributed by atoms with Crippen LogP contribution in [0.1, 0.15) is 15.9 Å². The number of aryl methyl sites for hydroxylation is 1. The topological polar surface area (TPSA) is 93.7 Å². The largest absolute Gasteiger partial charge is 0.495 e. The first-order valence-corrected chi connectivity index (χ1v) is 10.5. The van der Waals surface area contributed by atoms with Gasteiger partial charge in [0.05, 0.1) is 41.7 Å². The van der Waals surface area contributed by atoms with Crippen LogP contribution in [0.2, 0.25) is 0 Å². The molecule has 3 rings (SSSR count). The smallest absolute Gasteiger partial charge is 0.337 e. The molecule has 0 bridgehead atoms. The Morgan fingerprint density at radius 2 is 1.57 bits per heavy atom. The lowest BCUT2D eigenvalue weighted by Crippen LogP contribution is -2.15. The summed E-state index contributed by atoms with van der Waals surface area (Å²) in [6.07, 6.45) is 0. The molecule has 0 aliphatic heterocycles. The van der Waals surface area contributed by atoms with E-state index in [-0.39, 0.29) is 16.1 Å². The summed E-state index contributed by atoms with van der Waals surface area (Å²) in [6.45, 7) is 1.87. The Labute approximate surface area is 175 Å². The summed E-state index contributed by atoms with van der Waals surface area (Å²) < 4.78 is 38.5. The number of hydrogen-bond acceptors (Lipinski definition) is 6. The lowest BCUT2D eigenvalue weighted by Gasteiger charge is -2.17. The van der Waals surface area contributed by atoms with Gasteiger partial charge in [-0.1, -0.05) is 29.8 Å². The number of carbonyl (C=O) groups excluding carboxylic acids is 1. The quantitative estimate of drug-likeness (QED) is 0.546. The Hall–Kier alpha value is -3.52. The molecule has 0 heterocycles. The van der Waals surface area contributed by atoms with E-state index in [1.165, 1.54) is 25.3 Å². The number of para-hydroxylation sites is 2. The average Bonchev–Trinajstić information content (AvgIpc) is 2.74. The van der Waals surface area contributed by atoms with E-state index < -0.39 is 16.0 Å². The van der Waals surface area contributed by atoms with Gasteiger partial charge >= 0.3 is 5.97 Å². The maximum atomic E-state index is 12.9. The predicted octanol–water partition coefficient (Wildman–Crippen LogP) is 4.33. The summed E-state index contributed by atoms with van der Waals surface area (Å²) in [5.41, 5.74) is 2.44. The Morgan fingerprint density at radius 1 is 0.867 bits per heavy atom. The molecular weight excluding hydrogens is 404 g/mol. The van der Waals surface area contributed by atoms with Crippen LogP contribution in [0.25, 0.3) is 0 Å². The van der Waals surface area contributed by atoms with Crippen LogP contribution in [0.3, 0.4) is 0 Å². The highest BCUT2D eigenvalue weighted by molar-refractivity contribution is 7.92. The maximum Gasteiger partial charge on any atom is 0.337 e.